The number of pyridine rings is 1. The lowest BCUT2D eigenvalue weighted by molar-refractivity contribution is -0.135. The van der Waals surface area contributed by atoms with Crippen LogP contribution >= 0.6 is 0 Å². The molecule has 2 aliphatic heterocycles. The molecule has 7 heteroatoms. The first kappa shape index (κ1) is 19.6. The Balaban J connectivity index is 1.48. The molecule has 0 spiro atoms. The van der Waals surface area contributed by atoms with E-state index in [2.05, 4.69) is 23.7 Å². The summed E-state index contributed by atoms with van der Waals surface area (Å²) in [6, 6.07) is 3.44. The molecule has 2 amide bonds. The number of methoxy groups -OCH3 is 1. The summed E-state index contributed by atoms with van der Waals surface area (Å²) in [5.41, 5.74) is 0.566. The van der Waals surface area contributed by atoms with Crippen LogP contribution in [0.4, 0.5) is 0 Å². The standard InChI is InChI=1S/C20H30N4O3/c1-15-10-16(2)13-24(12-15)19(25)14-22-6-8-23(9-7-22)20(26)17-4-5-18(27-3)21-11-17/h4-5,11,15-16H,6-10,12-14H2,1-3H3. The number of piperidine rings is 1. The molecule has 2 aliphatic rings. The largest absolute Gasteiger partial charge is 0.481 e. The van der Waals surface area contributed by atoms with E-state index in [0.29, 0.717) is 42.9 Å². The third kappa shape index (κ3) is 4.97. The van der Waals surface area contributed by atoms with Gasteiger partial charge in [0.1, 0.15) is 0 Å². The molecular formula is C20H30N4O3. The highest BCUT2D eigenvalue weighted by atomic mass is 16.5. The second-order valence-corrected chi connectivity index (χ2v) is 7.90. The average molecular weight is 374 g/mol. The Morgan fingerprint density at radius 2 is 1.74 bits per heavy atom. The lowest BCUT2D eigenvalue weighted by Crippen LogP contribution is -2.53. The Bertz CT molecular complexity index is 646. The quantitative estimate of drug-likeness (QED) is 0.796. The molecule has 27 heavy (non-hydrogen) atoms. The maximum atomic E-state index is 12.6. The van der Waals surface area contributed by atoms with Crippen LogP contribution in [0.3, 0.4) is 0 Å². The van der Waals surface area contributed by atoms with Crippen LogP contribution in [-0.4, -0.2) is 84.4 Å². The van der Waals surface area contributed by atoms with E-state index < -0.39 is 0 Å². The van der Waals surface area contributed by atoms with Gasteiger partial charge < -0.3 is 14.5 Å². The molecular weight excluding hydrogens is 344 g/mol. The minimum absolute atomic E-state index is 0.0187. The SMILES string of the molecule is COc1ccc(C(=O)N2CCN(CC(=O)N3CC(C)CC(C)C3)CC2)cn1. The van der Waals surface area contributed by atoms with Crippen LogP contribution in [0.15, 0.2) is 18.3 Å². The number of aromatic nitrogens is 1. The zero-order valence-corrected chi connectivity index (χ0v) is 16.6. The summed E-state index contributed by atoms with van der Waals surface area (Å²) in [7, 11) is 1.55. The van der Waals surface area contributed by atoms with Crippen molar-refractivity contribution >= 4 is 11.8 Å². The summed E-state index contributed by atoms with van der Waals surface area (Å²) in [6.45, 7) is 9.32. The van der Waals surface area contributed by atoms with E-state index in [1.807, 2.05) is 9.80 Å². The fraction of sp³-hybridized carbons (Fsp3) is 0.650. The minimum atomic E-state index is -0.0187. The zero-order valence-electron chi connectivity index (χ0n) is 16.6. The number of nitrogens with zero attached hydrogens (tertiary/aromatic N) is 4. The van der Waals surface area contributed by atoms with Crippen molar-refractivity contribution < 1.29 is 14.3 Å². The van der Waals surface area contributed by atoms with Crippen molar-refractivity contribution in [3.05, 3.63) is 23.9 Å². The van der Waals surface area contributed by atoms with Gasteiger partial charge in [0, 0.05) is 51.5 Å². The third-order valence-electron chi connectivity index (χ3n) is 5.43. The first-order chi connectivity index (χ1) is 13.0. The zero-order chi connectivity index (χ0) is 19.4. The van der Waals surface area contributed by atoms with Crippen LogP contribution in [0.5, 0.6) is 5.88 Å². The van der Waals surface area contributed by atoms with Gasteiger partial charge in [0.2, 0.25) is 11.8 Å². The molecule has 0 bridgehead atoms. The van der Waals surface area contributed by atoms with Crippen LogP contribution in [0.1, 0.15) is 30.6 Å². The van der Waals surface area contributed by atoms with Crippen molar-refractivity contribution in [2.75, 3.05) is 52.9 Å². The molecule has 1 aromatic rings. The molecule has 0 aromatic carbocycles. The monoisotopic (exact) mass is 374 g/mol. The number of rotatable bonds is 4. The maximum Gasteiger partial charge on any atom is 0.255 e. The maximum absolute atomic E-state index is 12.6. The Hall–Kier alpha value is -2.15. The normalized spacial score (nSPS) is 24.0. The highest BCUT2D eigenvalue weighted by molar-refractivity contribution is 5.94. The van der Waals surface area contributed by atoms with E-state index in [1.54, 1.807) is 25.4 Å². The molecule has 1 aromatic heterocycles. The van der Waals surface area contributed by atoms with E-state index >= 15 is 0 Å². The van der Waals surface area contributed by atoms with Crippen LogP contribution in [-0.2, 0) is 4.79 Å². The molecule has 2 atom stereocenters. The fourth-order valence-corrected chi connectivity index (χ4v) is 4.08. The van der Waals surface area contributed by atoms with Crippen LogP contribution in [0, 0.1) is 11.8 Å². The van der Waals surface area contributed by atoms with Crippen LogP contribution in [0.2, 0.25) is 0 Å². The number of likely N-dealkylation sites (tertiary alicyclic amines) is 1. The fourth-order valence-electron chi connectivity index (χ4n) is 4.08. The number of hydrogen-bond donors (Lipinski definition) is 0. The van der Waals surface area contributed by atoms with Gasteiger partial charge in [-0.1, -0.05) is 13.8 Å². The highest BCUT2D eigenvalue weighted by Crippen LogP contribution is 2.21. The van der Waals surface area contributed by atoms with Crippen LogP contribution in [0.25, 0.3) is 0 Å². The Labute approximate surface area is 161 Å². The van der Waals surface area contributed by atoms with E-state index in [0.717, 1.165) is 26.2 Å². The molecule has 2 fully saturated rings. The Morgan fingerprint density at radius 1 is 1.07 bits per heavy atom. The second-order valence-electron chi connectivity index (χ2n) is 7.90. The number of carbonyl (C=O) groups excluding carboxylic acids is 2. The van der Waals surface area contributed by atoms with Crippen molar-refractivity contribution in [1.82, 2.24) is 19.7 Å². The smallest absolute Gasteiger partial charge is 0.255 e. The minimum Gasteiger partial charge on any atom is -0.481 e. The number of amides is 2. The van der Waals surface area contributed by atoms with Gasteiger partial charge in [0.15, 0.2) is 0 Å². The number of ether oxygens (including phenoxy) is 1. The predicted octanol–water partition coefficient (Wildman–Crippen LogP) is 1.35. The summed E-state index contributed by atoms with van der Waals surface area (Å²) in [5, 5.41) is 0. The van der Waals surface area contributed by atoms with Gasteiger partial charge in [0.25, 0.3) is 5.91 Å². The van der Waals surface area contributed by atoms with Gasteiger partial charge in [-0.05, 0) is 24.3 Å². The first-order valence-electron chi connectivity index (χ1n) is 9.75. The topological polar surface area (TPSA) is 66.0 Å². The van der Waals surface area contributed by atoms with Crippen molar-refractivity contribution in [2.24, 2.45) is 11.8 Å². The number of piperazine rings is 1. The molecule has 2 saturated heterocycles. The van der Waals surface area contributed by atoms with E-state index in [4.69, 9.17) is 4.74 Å². The molecule has 0 saturated carbocycles. The van der Waals surface area contributed by atoms with E-state index in [9.17, 15) is 9.59 Å². The van der Waals surface area contributed by atoms with E-state index in [-0.39, 0.29) is 11.8 Å². The molecule has 0 radical (unpaired) electrons. The molecule has 7 nitrogen and oxygen atoms in total. The van der Waals surface area contributed by atoms with E-state index in [1.165, 1.54) is 6.42 Å². The van der Waals surface area contributed by atoms with Crippen molar-refractivity contribution in [1.29, 1.82) is 0 Å². The van der Waals surface area contributed by atoms with Crippen molar-refractivity contribution in [2.45, 2.75) is 20.3 Å². The van der Waals surface area contributed by atoms with Gasteiger partial charge in [-0.3, -0.25) is 14.5 Å². The lowest BCUT2D eigenvalue weighted by Gasteiger charge is -2.38. The molecule has 148 valence electrons. The molecule has 3 rings (SSSR count). The van der Waals surface area contributed by atoms with Gasteiger partial charge in [-0.2, -0.15) is 0 Å². The van der Waals surface area contributed by atoms with Crippen molar-refractivity contribution in [3.63, 3.8) is 0 Å². The number of carbonyl (C=O) groups is 2. The van der Waals surface area contributed by atoms with Gasteiger partial charge in [-0.15, -0.1) is 0 Å². The first-order valence-corrected chi connectivity index (χ1v) is 9.75. The van der Waals surface area contributed by atoms with Crippen LogP contribution < -0.4 is 4.74 Å². The molecule has 2 unspecified atom stereocenters. The predicted molar refractivity (Wildman–Crippen MR) is 103 cm³/mol. The van der Waals surface area contributed by atoms with Gasteiger partial charge in [0.05, 0.1) is 19.2 Å². The molecule has 0 aliphatic carbocycles. The van der Waals surface area contributed by atoms with Gasteiger partial charge >= 0.3 is 0 Å². The second kappa shape index (κ2) is 8.69. The summed E-state index contributed by atoms with van der Waals surface area (Å²) < 4.78 is 5.03. The average Bonchev–Trinajstić information content (AvgIpc) is 2.67. The van der Waals surface area contributed by atoms with Gasteiger partial charge in [-0.25, -0.2) is 4.98 Å². The third-order valence-corrected chi connectivity index (χ3v) is 5.43. The summed E-state index contributed by atoms with van der Waals surface area (Å²) in [4.78, 5) is 35.3. The summed E-state index contributed by atoms with van der Waals surface area (Å²) >= 11 is 0. The lowest BCUT2D eigenvalue weighted by atomic mass is 9.92. The molecule has 3 heterocycles. The Kier molecular flexibility index (Phi) is 6.31. The number of hydrogen-bond acceptors (Lipinski definition) is 5. The molecule has 0 N–H and O–H groups in total. The van der Waals surface area contributed by atoms with Crippen molar-refractivity contribution in [3.8, 4) is 5.88 Å². The highest BCUT2D eigenvalue weighted by Gasteiger charge is 2.28. The summed E-state index contributed by atoms with van der Waals surface area (Å²) in [5.74, 6) is 1.84. The summed E-state index contributed by atoms with van der Waals surface area (Å²) in [6.07, 6.45) is 2.75. The Morgan fingerprint density at radius 3 is 2.30 bits per heavy atom.